The van der Waals surface area contributed by atoms with Gasteiger partial charge >= 0.3 is 6.18 Å². The number of amides is 1. The molecule has 0 saturated carbocycles. The second-order valence-corrected chi connectivity index (χ2v) is 6.53. The molecule has 0 unspecified atom stereocenters. The molecule has 27 heavy (non-hydrogen) atoms. The summed E-state index contributed by atoms with van der Waals surface area (Å²) in [4.78, 5) is 12.5. The monoisotopic (exact) mass is 378 g/mol. The minimum atomic E-state index is -4.37. The molecule has 0 bridgehead atoms. The van der Waals surface area contributed by atoms with E-state index < -0.39 is 11.7 Å². The lowest BCUT2D eigenvalue weighted by molar-refractivity contribution is -0.137. The van der Waals surface area contributed by atoms with E-state index in [4.69, 9.17) is 4.42 Å². The minimum absolute atomic E-state index is 0.223. The van der Waals surface area contributed by atoms with Crippen molar-refractivity contribution in [2.24, 2.45) is 0 Å². The van der Waals surface area contributed by atoms with Gasteiger partial charge in [0, 0.05) is 25.2 Å². The number of hydrogen-bond donors (Lipinski definition) is 1. The van der Waals surface area contributed by atoms with Crippen LogP contribution in [0.25, 0.3) is 11.1 Å². The molecule has 0 aliphatic carbocycles. The molecule has 1 amide bonds. The fourth-order valence-corrected chi connectivity index (χ4v) is 2.97. The highest BCUT2D eigenvalue weighted by Gasteiger charge is 2.30. The van der Waals surface area contributed by atoms with Gasteiger partial charge < -0.3 is 14.3 Å². The first-order valence-electron chi connectivity index (χ1n) is 8.83. The quantitative estimate of drug-likeness (QED) is 0.604. The van der Waals surface area contributed by atoms with E-state index in [2.05, 4.69) is 5.32 Å². The number of alkyl halides is 3. The van der Waals surface area contributed by atoms with Crippen LogP contribution in [0.1, 0.15) is 47.1 Å². The maximum Gasteiger partial charge on any atom is 0.416 e. The normalized spacial score (nSPS) is 11.9. The molecule has 7 heteroatoms. The smallest absolute Gasteiger partial charge is 0.416 e. The molecule has 1 aromatic carbocycles. The molecule has 2 heterocycles. The summed E-state index contributed by atoms with van der Waals surface area (Å²) in [6, 6.07) is 8.46. The number of hydrogen-bond acceptors (Lipinski definition) is 2. The number of halogens is 3. The number of fused-ring (bicyclic) bond motifs is 1. The van der Waals surface area contributed by atoms with Gasteiger partial charge in [0.15, 0.2) is 5.58 Å². The second-order valence-electron chi connectivity index (χ2n) is 6.53. The molecule has 3 aromatic rings. The van der Waals surface area contributed by atoms with E-state index in [0.29, 0.717) is 29.1 Å². The van der Waals surface area contributed by atoms with Crippen LogP contribution in [0, 0.1) is 6.92 Å². The number of nitrogens with zero attached hydrogens (tertiary/aromatic N) is 1. The molecule has 3 rings (SSSR count). The summed E-state index contributed by atoms with van der Waals surface area (Å²) in [6.45, 7) is 4.69. The van der Waals surface area contributed by atoms with Crippen molar-refractivity contribution in [3.8, 4) is 0 Å². The zero-order chi connectivity index (χ0) is 19.6. The standard InChI is InChI=1S/C20H21F3N2O2/c1-3-4-9-24-19(26)17-11-18-16(10-13(2)27-18)25(17)12-14-5-7-15(8-6-14)20(21,22)23/h5-8,10-11H,3-4,9,12H2,1-2H3,(H,24,26). The van der Waals surface area contributed by atoms with Crippen LogP contribution in [0.2, 0.25) is 0 Å². The van der Waals surface area contributed by atoms with Crippen molar-refractivity contribution < 1.29 is 22.4 Å². The van der Waals surface area contributed by atoms with Crippen molar-refractivity contribution in [1.29, 1.82) is 0 Å². The number of aromatic nitrogens is 1. The third-order valence-electron chi connectivity index (χ3n) is 4.38. The Morgan fingerprint density at radius 1 is 1.19 bits per heavy atom. The average Bonchev–Trinajstić information content (AvgIpc) is 3.12. The molecule has 0 aliphatic heterocycles. The molecule has 1 N–H and O–H groups in total. The summed E-state index contributed by atoms with van der Waals surface area (Å²) < 4.78 is 45.7. The number of carbonyl (C=O) groups is 1. The van der Waals surface area contributed by atoms with Crippen molar-refractivity contribution >= 4 is 17.0 Å². The first-order chi connectivity index (χ1) is 12.8. The van der Waals surface area contributed by atoms with E-state index in [-0.39, 0.29) is 12.5 Å². The van der Waals surface area contributed by atoms with Crippen molar-refractivity contribution in [2.45, 2.75) is 39.4 Å². The molecule has 0 fully saturated rings. The highest BCUT2D eigenvalue weighted by atomic mass is 19.4. The SMILES string of the molecule is CCCCNC(=O)c1cc2oc(C)cc2n1Cc1ccc(C(F)(F)F)cc1. The first-order valence-corrected chi connectivity index (χ1v) is 8.83. The van der Waals surface area contributed by atoms with E-state index in [0.717, 1.165) is 30.5 Å². The van der Waals surface area contributed by atoms with E-state index in [1.165, 1.54) is 12.1 Å². The summed E-state index contributed by atoms with van der Waals surface area (Å²) in [5, 5.41) is 2.87. The highest BCUT2D eigenvalue weighted by molar-refractivity contribution is 5.97. The fraction of sp³-hybridized carbons (Fsp3) is 0.350. The van der Waals surface area contributed by atoms with Crippen LogP contribution >= 0.6 is 0 Å². The highest BCUT2D eigenvalue weighted by Crippen LogP contribution is 2.30. The van der Waals surface area contributed by atoms with Crippen molar-refractivity contribution in [1.82, 2.24) is 9.88 Å². The minimum Gasteiger partial charge on any atom is -0.460 e. The molecule has 0 saturated heterocycles. The lowest BCUT2D eigenvalue weighted by Gasteiger charge is -2.12. The summed E-state index contributed by atoms with van der Waals surface area (Å²) in [7, 11) is 0. The van der Waals surface area contributed by atoms with Crippen LogP contribution in [0.15, 0.2) is 40.8 Å². The van der Waals surface area contributed by atoms with Gasteiger partial charge in [0.2, 0.25) is 0 Å². The maximum absolute atomic E-state index is 12.8. The van der Waals surface area contributed by atoms with Crippen molar-refractivity contribution in [3.63, 3.8) is 0 Å². The average molecular weight is 378 g/mol. The molecule has 2 aromatic heterocycles. The maximum atomic E-state index is 12.8. The summed E-state index contributed by atoms with van der Waals surface area (Å²) in [5.41, 5.74) is 1.73. The topological polar surface area (TPSA) is 47.2 Å². The lowest BCUT2D eigenvalue weighted by Crippen LogP contribution is -2.27. The van der Waals surface area contributed by atoms with Crippen LogP contribution < -0.4 is 5.32 Å². The number of aryl methyl sites for hydroxylation is 1. The van der Waals surface area contributed by atoms with E-state index >= 15 is 0 Å². The van der Waals surface area contributed by atoms with Gasteiger partial charge in [-0.15, -0.1) is 0 Å². The molecule has 0 aliphatic rings. The molecular weight excluding hydrogens is 357 g/mol. The van der Waals surface area contributed by atoms with Crippen molar-refractivity contribution in [2.75, 3.05) is 6.54 Å². The Morgan fingerprint density at radius 3 is 2.52 bits per heavy atom. The molecule has 4 nitrogen and oxygen atoms in total. The lowest BCUT2D eigenvalue weighted by atomic mass is 10.1. The van der Waals surface area contributed by atoms with Crippen LogP contribution in [0.3, 0.4) is 0 Å². The van der Waals surface area contributed by atoms with Crippen LogP contribution in [0.4, 0.5) is 13.2 Å². The predicted molar refractivity (Wildman–Crippen MR) is 96.7 cm³/mol. The van der Waals surface area contributed by atoms with Gasteiger partial charge in [0.25, 0.3) is 5.91 Å². The number of unbranched alkanes of at least 4 members (excludes halogenated alkanes) is 1. The van der Waals surface area contributed by atoms with Gasteiger partial charge in [0.05, 0.1) is 11.1 Å². The summed E-state index contributed by atoms with van der Waals surface area (Å²) >= 11 is 0. The Labute approximate surface area is 155 Å². The third kappa shape index (κ3) is 4.18. The third-order valence-corrected chi connectivity index (χ3v) is 4.38. The van der Waals surface area contributed by atoms with E-state index in [1.807, 2.05) is 19.9 Å². The van der Waals surface area contributed by atoms with Crippen LogP contribution in [-0.4, -0.2) is 17.0 Å². The zero-order valence-corrected chi connectivity index (χ0v) is 15.2. The summed E-state index contributed by atoms with van der Waals surface area (Å²) in [6.07, 6.45) is -2.53. The number of furan rings is 1. The van der Waals surface area contributed by atoms with Gasteiger partial charge in [-0.05, 0) is 31.0 Å². The molecule has 144 valence electrons. The molecule has 0 radical (unpaired) electrons. The Morgan fingerprint density at radius 2 is 1.89 bits per heavy atom. The first kappa shape index (κ1) is 19.1. The molecule has 0 atom stereocenters. The molecule has 0 spiro atoms. The largest absolute Gasteiger partial charge is 0.460 e. The van der Waals surface area contributed by atoms with Gasteiger partial charge in [0.1, 0.15) is 11.5 Å². The second kappa shape index (κ2) is 7.50. The van der Waals surface area contributed by atoms with Gasteiger partial charge in [-0.2, -0.15) is 13.2 Å². The zero-order valence-electron chi connectivity index (χ0n) is 15.2. The molecular formula is C20H21F3N2O2. The fourth-order valence-electron chi connectivity index (χ4n) is 2.97. The Kier molecular flexibility index (Phi) is 5.30. The van der Waals surface area contributed by atoms with E-state index in [9.17, 15) is 18.0 Å². The van der Waals surface area contributed by atoms with Crippen molar-refractivity contribution in [3.05, 3.63) is 59.0 Å². The number of rotatable bonds is 6. The predicted octanol–water partition coefficient (Wildman–Crippen LogP) is 5.14. The van der Waals surface area contributed by atoms with Crippen LogP contribution in [0.5, 0.6) is 0 Å². The Bertz CT molecular complexity index is 937. The number of nitrogens with one attached hydrogen (secondary N) is 1. The van der Waals surface area contributed by atoms with Crippen LogP contribution in [-0.2, 0) is 12.7 Å². The van der Waals surface area contributed by atoms with Gasteiger partial charge in [-0.3, -0.25) is 4.79 Å². The number of benzene rings is 1. The number of carbonyl (C=O) groups excluding carboxylic acids is 1. The van der Waals surface area contributed by atoms with E-state index in [1.54, 1.807) is 10.6 Å². The van der Waals surface area contributed by atoms with Gasteiger partial charge in [-0.25, -0.2) is 0 Å². The van der Waals surface area contributed by atoms with Gasteiger partial charge in [-0.1, -0.05) is 25.5 Å². The Hall–Kier alpha value is -2.70. The Balaban J connectivity index is 1.91. The summed E-state index contributed by atoms with van der Waals surface area (Å²) in [5.74, 6) is 0.485.